The van der Waals surface area contributed by atoms with Crippen molar-refractivity contribution in [3.05, 3.63) is 11.6 Å². The van der Waals surface area contributed by atoms with Crippen LogP contribution in [0.4, 0.5) is 0 Å². The van der Waals surface area contributed by atoms with Gasteiger partial charge in [-0.3, -0.25) is 4.79 Å². The summed E-state index contributed by atoms with van der Waals surface area (Å²) in [6, 6.07) is 0. The van der Waals surface area contributed by atoms with E-state index in [4.69, 9.17) is 14.2 Å². The average molecular weight is 238 g/mol. The van der Waals surface area contributed by atoms with Crippen molar-refractivity contribution >= 4 is 11.8 Å². The van der Waals surface area contributed by atoms with Crippen molar-refractivity contribution in [2.75, 3.05) is 20.8 Å². The van der Waals surface area contributed by atoms with Crippen molar-refractivity contribution < 1.29 is 23.8 Å². The highest BCUT2D eigenvalue weighted by Gasteiger charge is 2.66. The van der Waals surface area contributed by atoms with Crippen molar-refractivity contribution in [1.29, 1.82) is 0 Å². The minimum absolute atomic E-state index is 0.0635. The third-order valence-electron chi connectivity index (χ3n) is 4.07. The first-order chi connectivity index (χ1) is 8.14. The first-order valence-electron chi connectivity index (χ1n) is 5.67. The Morgan fingerprint density at radius 2 is 2.29 bits per heavy atom. The van der Waals surface area contributed by atoms with Gasteiger partial charge in [-0.1, -0.05) is 6.08 Å². The second-order valence-corrected chi connectivity index (χ2v) is 4.74. The van der Waals surface area contributed by atoms with E-state index in [0.717, 1.165) is 6.42 Å². The lowest BCUT2D eigenvalue weighted by Gasteiger charge is -2.43. The number of carbonyl (C=O) groups is 2. The van der Waals surface area contributed by atoms with Crippen LogP contribution in [0, 0.1) is 17.8 Å². The quantitative estimate of drug-likeness (QED) is 0.647. The first kappa shape index (κ1) is 10.9. The van der Waals surface area contributed by atoms with Crippen LogP contribution in [0.2, 0.25) is 0 Å². The van der Waals surface area contributed by atoms with Crippen LogP contribution in [0.5, 0.6) is 0 Å². The zero-order chi connectivity index (χ0) is 12.2. The first-order valence-corrected chi connectivity index (χ1v) is 5.67. The maximum Gasteiger partial charge on any atom is 0.333 e. The molecule has 0 radical (unpaired) electrons. The zero-order valence-corrected chi connectivity index (χ0v) is 9.76. The van der Waals surface area contributed by atoms with Gasteiger partial charge < -0.3 is 14.2 Å². The van der Waals surface area contributed by atoms with E-state index >= 15 is 0 Å². The predicted molar refractivity (Wildman–Crippen MR) is 55.9 cm³/mol. The Balaban J connectivity index is 2.10. The SMILES string of the molecule is COC(=O)C1=CC2CC3COC(OC)(C2=O)C13. The number of esters is 1. The van der Waals surface area contributed by atoms with Crippen LogP contribution in [0.25, 0.3) is 0 Å². The summed E-state index contributed by atoms with van der Waals surface area (Å²) in [7, 11) is 2.80. The predicted octanol–water partition coefficient (Wildman–Crippen LogP) is 0.294. The summed E-state index contributed by atoms with van der Waals surface area (Å²) < 4.78 is 15.6. The van der Waals surface area contributed by atoms with Crippen LogP contribution in [0.15, 0.2) is 11.6 Å². The minimum atomic E-state index is -1.24. The molecule has 4 bridgehead atoms. The van der Waals surface area contributed by atoms with E-state index in [1.165, 1.54) is 14.2 Å². The molecule has 1 saturated heterocycles. The number of ketones is 1. The summed E-state index contributed by atoms with van der Waals surface area (Å²) in [5.74, 6) is -2.10. The molecule has 4 rings (SSSR count). The van der Waals surface area contributed by atoms with Gasteiger partial charge in [0.1, 0.15) is 0 Å². The highest BCUT2D eigenvalue weighted by Crippen LogP contribution is 2.54. The number of rotatable bonds is 2. The lowest BCUT2D eigenvalue weighted by atomic mass is 9.63. The smallest absolute Gasteiger partial charge is 0.333 e. The molecular weight excluding hydrogens is 224 g/mol. The fourth-order valence-electron chi connectivity index (χ4n) is 3.37. The summed E-state index contributed by atoms with van der Waals surface area (Å²) in [6.45, 7) is 0.467. The lowest BCUT2D eigenvalue weighted by molar-refractivity contribution is -0.217. The van der Waals surface area contributed by atoms with Gasteiger partial charge in [0.2, 0.25) is 5.79 Å². The summed E-state index contributed by atoms with van der Waals surface area (Å²) in [5, 5.41) is 0. The Labute approximate surface area is 98.7 Å². The van der Waals surface area contributed by atoms with Gasteiger partial charge in [0.05, 0.1) is 19.6 Å². The molecule has 0 aromatic heterocycles. The van der Waals surface area contributed by atoms with Gasteiger partial charge in [-0.25, -0.2) is 4.79 Å². The molecule has 0 spiro atoms. The highest BCUT2D eigenvalue weighted by molar-refractivity contribution is 6.00. The Hall–Kier alpha value is -1.20. The number of allylic oxidation sites excluding steroid dienone is 1. The van der Waals surface area contributed by atoms with Crippen molar-refractivity contribution in [1.82, 2.24) is 0 Å². The molecule has 4 unspecified atom stereocenters. The van der Waals surface area contributed by atoms with Crippen LogP contribution in [-0.2, 0) is 23.8 Å². The lowest BCUT2D eigenvalue weighted by Crippen LogP contribution is -2.57. The molecule has 3 aliphatic carbocycles. The number of hydrogen-bond acceptors (Lipinski definition) is 5. The molecule has 5 heteroatoms. The van der Waals surface area contributed by atoms with Gasteiger partial charge in [-0.05, 0) is 12.3 Å². The van der Waals surface area contributed by atoms with E-state index in [2.05, 4.69) is 0 Å². The summed E-state index contributed by atoms with van der Waals surface area (Å²) in [6.07, 6.45) is 2.47. The van der Waals surface area contributed by atoms with E-state index in [-0.39, 0.29) is 29.5 Å². The van der Waals surface area contributed by atoms with Crippen LogP contribution in [0.1, 0.15) is 6.42 Å². The Morgan fingerprint density at radius 3 is 2.94 bits per heavy atom. The van der Waals surface area contributed by atoms with E-state index in [1.807, 2.05) is 0 Å². The topological polar surface area (TPSA) is 61.8 Å². The van der Waals surface area contributed by atoms with Gasteiger partial charge in [0, 0.05) is 18.6 Å². The second-order valence-electron chi connectivity index (χ2n) is 4.74. The third-order valence-corrected chi connectivity index (χ3v) is 4.07. The molecule has 0 amide bonds. The third kappa shape index (κ3) is 1.16. The van der Waals surface area contributed by atoms with E-state index in [0.29, 0.717) is 12.2 Å². The molecule has 0 aromatic carbocycles. The maximum atomic E-state index is 12.2. The molecule has 2 fully saturated rings. The minimum Gasteiger partial charge on any atom is -0.466 e. The largest absolute Gasteiger partial charge is 0.466 e. The summed E-state index contributed by atoms with van der Waals surface area (Å²) in [5.41, 5.74) is 0.535. The molecule has 4 aliphatic rings. The fraction of sp³-hybridized carbons (Fsp3) is 0.667. The van der Waals surface area contributed by atoms with E-state index in [9.17, 15) is 9.59 Å². The van der Waals surface area contributed by atoms with Crippen molar-refractivity contribution in [2.45, 2.75) is 12.2 Å². The van der Waals surface area contributed by atoms with Crippen LogP contribution in [0.3, 0.4) is 0 Å². The fourth-order valence-corrected chi connectivity index (χ4v) is 3.37. The molecule has 0 aromatic rings. The molecule has 17 heavy (non-hydrogen) atoms. The van der Waals surface area contributed by atoms with Crippen LogP contribution >= 0.6 is 0 Å². The number of Topliss-reactive ketones (excluding diaryl/α,β-unsaturated/α-hetero) is 1. The van der Waals surface area contributed by atoms with E-state index < -0.39 is 5.79 Å². The molecule has 92 valence electrons. The Morgan fingerprint density at radius 1 is 1.53 bits per heavy atom. The van der Waals surface area contributed by atoms with Crippen LogP contribution in [-0.4, -0.2) is 38.4 Å². The molecular formula is C12H14O5. The van der Waals surface area contributed by atoms with Gasteiger partial charge in [0.15, 0.2) is 5.78 Å². The standard InChI is InChI=1S/C12H14O5/c1-15-11(14)8-4-6-3-7-5-17-12(16-2,9(7)8)10(6)13/h4,6-7,9H,3,5H2,1-2H3. The number of hydrogen-bond donors (Lipinski definition) is 0. The molecule has 0 N–H and O–H groups in total. The van der Waals surface area contributed by atoms with E-state index in [1.54, 1.807) is 6.08 Å². The number of ether oxygens (including phenoxy) is 3. The molecule has 1 saturated carbocycles. The summed E-state index contributed by atoms with van der Waals surface area (Å²) in [4.78, 5) is 23.9. The van der Waals surface area contributed by atoms with Gasteiger partial charge in [-0.15, -0.1) is 0 Å². The van der Waals surface area contributed by atoms with Gasteiger partial charge >= 0.3 is 5.97 Å². The average Bonchev–Trinajstić information content (AvgIpc) is 2.70. The van der Waals surface area contributed by atoms with Crippen molar-refractivity contribution in [2.24, 2.45) is 17.8 Å². The Bertz CT molecular complexity index is 427. The van der Waals surface area contributed by atoms with Gasteiger partial charge in [-0.2, -0.15) is 0 Å². The van der Waals surface area contributed by atoms with Crippen molar-refractivity contribution in [3.8, 4) is 0 Å². The number of methoxy groups -OCH3 is 2. The second kappa shape index (κ2) is 3.40. The number of carbonyl (C=O) groups excluding carboxylic acids is 2. The summed E-state index contributed by atoms with van der Waals surface area (Å²) >= 11 is 0. The molecule has 5 nitrogen and oxygen atoms in total. The monoisotopic (exact) mass is 238 g/mol. The molecule has 4 atom stereocenters. The molecule has 1 heterocycles. The van der Waals surface area contributed by atoms with Crippen LogP contribution < -0.4 is 0 Å². The van der Waals surface area contributed by atoms with Gasteiger partial charge in [0.25, 0.3) is 0 Å². The Kier molecular flexibility index (Phi) is 2.18. The normalized spacial score (nSPS) is 42.6. The molecule has 1 aliphatic heterocycles. The zero-order valence-electron chi connectivity index (χ0n) is 9.76. The highest BCUT2D eigenvalue weighted by atomic mass is 16.7. The van der Waals surface area contributed by atoms with Crippen molar-refractivity contribution in [3.63, 3.8) is 0 Å². The maximum absolute atomic E-state index is 12.2.